The Labute approximate surface area is 110 Å². The number of hydrazine groups is 1. The maximum atomic E-state index is 5.96. The lowest BCUT2D eigenvalue weighted by atomic mass is 10.0. The molecule has 18 heavy (non-hydrogen) atoms. The standard InChI is InChI=1S/C12H13ClN4O/c1-18-11-6-5-10(16-17-11)12(15-14)8-3-2-4-9(13)7-8/h2-7,12,15H,14H2,1H3. The number of benzene rings is 1. The number of nitrogens with zero attached hydrogens (tertiary/aromatic N) is 2. The molecule has 1 heterocycles. The van der Waals surface area contributed by atoms with Crippen molar-refractivity contribution in [2.45, 2.75) is 6.04 Å². The van der Waals surface area contributed by atoms with E-state index >= 15 is 0 Å². The fourth-order valence-electron chi connectivity index (χ4n) is 1.63. The van der Waals surface area contributed by atoms with E-state index in [4.69, 9.17) is 22.2 Å². The largest absolute Gasteiger partial charge is 0.480 e. The first-order chi connectivity index (χ1) is 8.74. The number of aromatic nitrogens is 2. The molecular weight excluding hydrogens is 252 g/mol. The first kappa shape index (κ1) is 12.8. The minimum Gasteiger partial charge on any atom is -0.480 e. The summed E-state index contributed by atoms with van der Waals surface area (Å²) in [5.74, 6) is 6.02. The third-order valence-electron chi connectivity index (χ3n) is 2.51. The van der Waals surface area contributed by atoms with Gasteiger partial charge in [0.2, 0.25) is 5.88 Å². The van der Waals surface area contributed by atoms with Crippen molar-refractivity contribution in [2.75, 3.05) is 7.11 Å². The van der Waals surface area contributed by atoms with Crippen LogP contribution in [0.4, 0.5) is 0 Å². The Balaban J connectivity index is 2.32. The van der Waals surface area contributed by atoms with Gasteiger partial charge in [0, 0.05) is 11.1 Å². The van der Waals surface area contributed by atoms with Gasteiger partial charge in [0.1, 0.15) is 0 Å². The van der Waals surface area contributed by atoms with Crippen LogP contribution in [0, 0.1) is 0 Å². The van der Waals surface area contributed by atoms with Crippen LogP contribution in [0.2, 0.25) is 5.02 Å². The highest BCUT2D eigenvalue weighted by atomic mass is 35.5. The Morgan fingerprint density at radius 1 is 1.28 bits per heavy atom. The van der Waals surface area contributed by atoms with E-state index in [2.05, 4.69) is 15.6 Å². The van der Waals surface area contributed by atoms with Gasteiger partial charge in [-0.05, 0) is 23.8 Å². The van der Waals surface area contributed by atoms with Gasteiger partial charge in [-0.1, -0.05) is 23.7 Å². The summed E-state index contributed by atoms with van der Waals surface area (Å²) in [4.78, 5) is 0. The summed E-state index contributed by atoms with van der Waals surface area (Å²) >= 11 is 5.96. The molecule has 1 aromatic carbocycles. The van der Waals surface area contributed by atoms with Crippen LogP contribution >= 0.6 is 11.6 Å². The van der Waals surface area contributed by atoms with E-state index in [1.54, 1.807) is 25.3 Å². The molecule has 1 aromatic heterocycles. The molecule has 94 valence electrons. The minimum absolute atomic E-state index is 0.262. The molecule has 3 N–H and O–H groups in total. The van der Waals surface area contributed by atoms with Crippen LogP contribution in [0.15, 0.2) is 36.4 Å². The van der Waals surface area contributed by atoms with E-state index in [9.17, 15) is 0 Å². The molecule has 0 bridgehead atoms. The predicted molar refractivity (Wildman–Crippen MR) is 69.2 cm³/mol. The van der Waals surface area contributed by atoms with Crippen LogP contribution in [-0.4, -0.2) is 17.3 Å². The van der Waals surface area contributed by atoms with Gasteiger partial charge in [0.15, 0.2) is 0 Å². The van der Waals surface area contributed by atoms with Crippen molar-refractivity contribution in [1.82, 2.24) is 15.6 Å². The van der Waals surface area contributed by atoms with Crippen molar-refractivity contribution in [1.29, 1.82) is 0 Å². The summed E-state index contributed by atoms with van der Waals surface area (Å²) < 4.78 is 4.96. The molecule has 0 saturated heterocycles. The number of methoxy groups -OCH3 is 1. The molecule has 1 atom stereocenters. The third-order valence-corrected chi connectivity index (χ3v) is 2.75. The Hall–Kier alpha value is -1.69. The van der Waals surface area contributed by atoms with Crippen molar-refractivity contribution in [3.8, 4) is 5.88 Å². The smallest absolute Gasteiger partial charge is 0.233 e. The average molecular weight is 265 g/mol. The molecule has 0 amide bonds. The Kier molecular flexibility index (Phi) is 4.09. The maximum absolute atomic E-state index is 5.96. The molecule has 0 radical (unpaired) electrons. The van der Waals surface area contributed by atoms with E-state index in [1.165, 1.54) is 0 Å². The number of nitrogens with one attached hydrogen (secondary N) is 1. The monoisotopic (exact) mass is 264 g/mol. The summed E-state index contributed by atoms with van der Waals surface area (Å²) in [5.41, 5.74) is 4.31. The average Bonchev–Trinajstić information content (AvgIpc) is 2.40. The molecule has 6 heteroatoms. The number of halogens is 1. The third kappa shape index (κ3) is 2.76. The van der Waals surface area contributed by atoms with Crippen LogP contribution in [0.5, 0.6) is 5.88 Å². The van der Waals surface area contributed by atoms with Gasteiger partial charge in [-0.15, -0.1) is 10.2 Å². The van der Waals surface area contributed by atoms with Crippen molar-refractivity contribution in [3.63, 3.8) is 0 Å². The van der Waals surface area contributed by atoms with Gasteiger partial charge in [-0.3, -0.25) is 5.84 Å². The van der Waals surface area contributed by atoms with Gasteiger partial charge >= 0.3 is 0 Å². The van der Waals surface area contributed by atoms with Gasteiger partial charge < -0.3 is 4.74 Å². The molecule has 5 nitrogen and oxygen atoms in total. The number of hydrogen-bond acceptors (Lipinski definition) is 5. The predicted octanol–water partition coefficient (Wildman–Crippen LogP) is 1.69. The zero-order chi connectivity index (χ0) is 13.0. The van der Waals surface area contributed by atoms with Crippen molar-refractivity contribution in [2.24, 2.45) is 5.84 Å². The SMILES string of the molecule is COc1ccc(C(NN)c2cccc(Cl)c2)nn1. The Morgan fingerprint density at radius 2 is 2.11 bits per heavy atom. The highest BCUT2D eigenvalue weighted by Gasteiger charge is 2.14. The molecule has 1 unspecified atom stereocenters. The van der Waals surface area contributed by atoms with Crippen LogP contribution in [0.1, 0.15) is 17.3 Å². The van der Waals surface area contributed by atoms with Crippen LogP contribution < -0.4 is 16.0 Å². The van der Waals surface area contributed by atoms with E-state index in [-0.39, 0.29) is 6.04 Å². The van der Waals surface area contributed by atoms with Crippen molar-refractivity contribution in [3.05, 3.63) is 52.7 Å². The molecule has 0 saturated carbocycles. The Morgan fingerprint density at radius 3 is 2.67 bits per heavy atom. The molecular formula is C12H13ClN4O. The second-order valence-corrected chi connectivity index (χ2v) is 4.09. The van der Waals surface area contributed by atoms with Crippen LogP contribution in [-0.2, 0) is 0 Å². The fourth-order valence-corrected chi connectivity index (χ4v) is 1.83. The maximum Gasteiger partial charge on any atom is 0.233 e. The molecule has 0 spiro atoms. The zero-order valence-electron chi connectivity index (χ0n) is 9.80. The van der Waals surface area contributed by atoms with Crippen LogP contribution in [0.3, 0.4) is 0 Å². The molecule has 0 fully saturated rings. The van der Waals surface area contributed by atoms with Gasteiger partial charge in [0.05, 0.1) is 18.8 Å². The zero-order valence-corrected chi connectivity index (χ0v) is 10.6. The number of hydrogen-bond donors (Lipinski definition) is 2. The lowest BCUT2D eigenvalue weighted by Crippen LogP contribution is -2.29. The van der Waals surface area contributed by atoms with Gasteiger partial charge in [0.25, 0.3) is 0 Å². The van der Waals surface area contributed by atoms with Crippen molar-refractivity contribution >= 4 is 11.6 Å². The minimum atomic E-state index is -0.262. The summed E-state index contributed by atoms with van der Waals surface area (Å²) in [6.45, 7) is 0. The lowest BCUT2D eigenvalue weighted by Gasteiger charge is -2.15. The summed E-state index contributed by atoms with van der Waals surface area (Å²) in [7, 11) is 1.54. The lowest BCUT2D eigenvalue weighted by molar-refractivity contribution is 0.390. The topological polar surface area (TPSA) is 73.1 Å². The van der Waals surface area contributed by atoms with E-state index < -0.39 is 0 Å². The summed E-state index contributed by atoms with van der Waals surface area (Å²) in [5, 5.41) is 8.63. The summed E-state index contributed by atoms with van der Waals surface area (Å²) in [6.07, 6.45) is 0. The van der Waals surface area contributed by atoms with Crippen molar-refractivity contribution < 1.29 is 4.74 Å². The molecule has 0 aliphatic carbocycles. The summed E-state index contributed by atoms with van der Waals surface area (Å²) in [6, 6.07) is 10.7. The first-order valence-corrected chi connectivity index (χ1v) is 5.71. The number of rotatable bonds is 4. The Bertz CT molecular complexity index is 518. The second kappa shape index (κ2) is 5.77. The molecule has 2 rings (SSSR count). The second-order valence-electron chi connectivity index (χ2n) is 3.66. The molecule has 0 aliphatic heterocycles. The molecule has 0 aliphatic rings. The fraction of sp³-hybridized carbons (Fsp3) is 0.167. The van der Waals surface area contributed by atoms with Gasteiger partial charge in [-0.2, -0.15) is 0 Å². The van der Waals surface area contributed by atoms with Crippen LogP contribution in [0.25, 0.3) is 0 Å². The molecule has 2 aromatic rings. The number of nitrogens with two attached hydrogens (primary N) is 1. The first-order valence-electron chi connectivity index (χ1n) is 5.34. The van der Waals surface area contributed by atoms with E-state index in [1.807, 2.05) is 18.2 Å². The highest BCUT2D eigenvalue weighted by molar-refractivity contribution is 6.30. The number of ether oxygens (including phenoxy) is 1. The van der Waals surface area contributed by atoms with E-state index in [0.29, 0.717) is 16.6 Å². The van der Waals surface area contributed by atoms with Gasteiger partial charge in [-0.25, -0.2) is 5.43 Å². The quantitative estimate of drug-likeness (QED) is 0.649. The highest BCUT2D eigenvalue weighted by Crippen LogP contribution is 2.22. The normalized spacial score (nSPS) is 12.2. The van der Waals surface area contributed by atoms with E-state index in [0.717, 1.165) is 5.56 Å².